The first kappa shape index (κ1) is 11.2. The summed E-state index contributed by atoms with van der Waals surface area (Å²) in [6.07, 6.45) is 0. The molecule has 0 aliphatic heterocycles. The van der Waals surface area contributed by atoms with Gasteiger partial charge in [0.2, 0.25) is 0 Å². The molecule has 0 saturated heterocycles. The van der Waals surface area contributed by atoms with Crippen molar-refractivity contribution in [2.45, 2.75) is 19.6 Å². The normalized spacial score (nSPS) is 17.0. The second-order valence-electron chi connectivity index (χ2n) is 5.07. The van der Waals surface area contributed by atoms with E-state index in [4.69, 9.17) is 4.11 Å². The molecule has 110 valence electrons. The number of benzene rings is 3. The lowest BCUT2D eigenvalue weighted by atomic mass is 10.1. The smallest absolute Gasteiger partial charge is 0.0482 e. The molecule has 0 saturated carbocycles. The van der Waals surface area contributed by atoms with Crippen LogP contribution in [0, 0.1) is 0 Å². The largest absolute Gasteiger partial charge is 0.291 e. The molecule has 3 rings (SSSR count). The van der Waals surface area contributed by atoms with E-state index in [0.29, 0.717) is 0 Å². The highest BCUT2D eigenvalue weighted by molar-refractivity contribution is 5.19. The molecular formula is C21H21N. The molecule has 3 aromatic rings. The van der Waals surface area contributed by atoms with Crippen LogP contribution < -0.4 is 0 Å². The fourth-order valence-electron chi connectivity index (χ4n) is 2.25. The fraction of sp³-hybridized carbons (Fsp3) is 0.143. The van der Waals surface area contributed by atoms with Gasteiger partial charge < -0.3 is 0 Å². The molecule has 3 aromatic carbocycles. The van der Waals surface area contributed by atoms with Gasteiger partial charge in [-0.15, -0.1) is 0 Å². The van der Waals surface area contributed by atoms with Gasteiger partial charge in [-0.05, 0) is 16.7 Å². The van der Waals surface area contributed by atoms with Crippen molar-refractivity contribution in [2.75, 3.05) is 0 Å². The maximum Gasteiger partial charge on any atom is 0.0482 e. The second-order valence-corrected chi connectivity index (χ2v) is 5.07. The molecule has 0 aromatic heterocycles. The van der Waals surface area contributed by atoms with Crippen LogP contribution in [0.25, 0.3) is 0 Å². The molecule has 0 bridgehead atoms. The van der Waals surface area contributed by atoms with Gasteiger partial charge in [0, 0.05) is 23.7 Å². The first-order valence-electron chi connectivity index (χ1n) is 9.10. The molecule has 0 N–H and O–H groups in total. The van der Waals surface area contributed by atoms with Crippen molar-refractivity contribution < 1.29 is 4.11 Å². The van der Waals surface area contributed by atoms with E-state index < -0.39 is 19.6 Å². The monoisotopic (exact) mass is 290 g/mol. The molecule has 0 radical (unpaired) electrons. The molecule has 3 atom stereocenters. The van der Waals surface area contributed by atoms with Gasteiger partial charge in [-0.3, -0.25) is 4.90 Å². The van der Waals surface area contributed by atoms with E-state index in [-0.39, 0.29) is 0 Å². The first-order chi connectivity index (χ1) is 12.2. The summed E-state index contributed by atoms with van der Waals surface area (Å²) in [6.45, 7) is -2.40. The van der Waals surface area contributed by atoms with Crippen molar-refractivity contribution >= 4 is 0 Å². The third kappa shape index (κ3) is 4.31. The van der Waals surface area contributed by atoms with Crippen LogP contribution in [0.3, 0.4) is 0 Å². The third-order valence-electron chi connectivity index (χ3n) is 3.29. The average Bonchev–Trinajstić information content (AvgIpc) is 2.70. The van der Waals surface area contributed by atoms with Crippen molar-refractivity contribution in [1.29, 1.82) is 0 Å². The zero-order valence-electron chi connectivity index (χ0n) is 15.3. The quantitative estimate of drug-likeness (QED) is 0.625. The summed E-state index contributed by atoms with van der Waals surface area (Å²) in [5, 5.41) is 0. The summed E-state index contributed by atoms with van der Waals surface area (Å²) >= 11 is 0. The Labute approximate surface area is 137 Å². The molecule has 0 spiro atoms. The van der Waals surface area contributed by atoms with Gasteiger partial charge in [0.15, 0.2) is 0 Å². The van der Waals surface area contributed by atoms with E-state index >= 15 is 0 Å². The molecule has 1 nitrogen and oxygen atoms in total. The van der Waals surface area contributed by atoms with Gasteiger partial charge in [0.05, 0.1) is 0 Å². The standard InChI is InChI=1S/C21H21N/c1-4-10-19(11-5-1)16-22(17-20-12-6-2-7-13-20)18-21-14-8-3-9-15-21/h1-15H,16-18H2/i16D,17D,18D. The topological polar surface area (TPSA) is 3.24 Å². The number of rotatable bonds is 6. The zero-order valence-corrected chi connectivity index (χ0v) is 12.3. The van der Waals surface area contributed by atoms with E-state index in [0.717, 1.165) is 16.7 Å². The lowest BCUT2D eigenvalue weighted by molar-refractivity contribution is 0.247. The molecule has 22 heavy (non-hydrogen) atoms. The van der Waals surface area contributed by atoms with E-state index in [2.05, 4.69) is 0 Å². The predicted octanol–water partition coefficient (Wildman–Crippen LogP) is 4.89. The Bertz CT molecular complexity index is 657. The van der Waals surface area contributed by atoms with Crippen LogP contribution in [-0.4, -0.2) is 4.90 Å². The van der Waals surface area contributed by atoms with Crippen molar-refractivity contribution in [3.05, 3.63) is 108 Å². The third-order valence-corrected chi connectivity index (χ3v) is 3.29. The van der Waals surface area contributed by atoms with E-state index in [1.807, 2.05) is 91.0 Å². The van der Waals surface area contributed by atoms with Crippen LogP contribution in [0.5, 0.6) is 0 Å². The summed E-state index contributed by atoms with van der Waals surface area (Å²) in [4.78, 5) is 1.61. The summed E-state index contributed by atoms with van der Waals surface area (Å²) < 4.78 is 26.1. The molecule has 0 amide bonds. The van der Waals surface area contributed by atoms with Crippen LogP contribution in [-0.2, 0) is 19.6 Å². The van der Waals surface area contributed by atoms with Gasteiger partial charge in [-0.1, -0.05) is 91.0 Å². The number of hydrogen-bond donors (Lipinski definition) is 0. The summed E-state index contributed by atoms with van der Waals surface area (Å²) in [5.74, 6) is 0. The highest BCUT2D eigenvalue weighted by atomic mass is 15.1. The van der Waals surface area contributed by atoms with E-state index in [1.54, 1.807) is 4.90 Å². The van der Waals surface area contributed by atoms with E-state index in [1.165, 1.54) is 0 Å². The van der Waals surface area contributed by atoms with Gasteiger partial charge in [0.1, 0.15) is 0 Å². The Morgan fingerprint density at radius 1 is 0.500 bits per heavy atom. The predicted molar refractivity (Wildman–Crippen MR) is 92.3 cm³/mol. The van der Waals surface area contributed by atoms with Gasteiger partial charge in [-0.2, -0.15) is 0 Å². The Kier molecular flexibility index (Phi) is 3.87. The van der Waals surface area contributed by atoms with E-state index in [9.17, 15) is 0 Å². The minimum Gasteiger partial charge on any atom is -0.291 e. The Morgan fingerprint density at radius 2 is 0.773 bits per heavy atom. The van der Waals surface area contributed by atoms with Crippen LogP contribution in [0.15, 0.2) is 91.0 Å². The average molecular weight is 290 g/mol. The molecule has 0 aliphatic rings. The van der Waals surface area contributed by atoms with Crippen LogP contribution in [0.2, 0.25) is 0 Å². The van der Waals surface area contributed by atoms with Gasteiger partial charge >= 0.3 is 0 Å². The van der Waals surface area contributed by atoms with Crippen LogP contribution >= 0.6 is 0 Å². The van der Waals surface area contributed by atoms with Crippen molar-refractivity contribution in [1.82, 2.24) is 4.90 Å². The summed E-state index contributed by atoms with van der Waals surface area (Å²) in [5.41, 5.74) is 2.34. The molecule has 0 fully saturated rings. The van der Waals surface area contributed by atoms with Crippen LogP contribution in [0.4, 0.5) is 0 Å². The first-order valence-corrected chi connectivity index (χ1v) is 7.37. The Hall–Kier alpha value is -2.38. The second kappa shape index (κ2) is 7.58. The lowest BCUT2D eigenvalue weighted by Gasteiger charge is -2.23. The van der Waals surface area contributed by atoms with Crippen molar-refractivity contribution in [3.8, 4) is 0 Å². The van der Waals surface area contributed by atoms with Gasteiger partial charge in [0.25, 0.3) is 0 Å². The molecule has 1 heteroatoms. The Morgan fingerprint density at radius 3 is 1.05 bits per heavy atom. The summed E-state index contributed by atoms with van der Waals surface area (Å²) in [7, 11) is 0. The van der Waals surface area contributed by atoms with Crippen LogP contribution in [0.1, 0.15) is 20.8 Å². The minimum atomic E-state index is -0.799. The fourth-order valence-corrected chi connectivity index (χ4v) is 2.25. The highest BCUT2D eigenvalue weighted by Gasteiger charge is 2.08. The molecule has 0 heterocycles. The van der Waals surface area contributed by atoms with Gasteiger partial charge in [-0.25, -0.2) is 0 Å². The zero-order chi connectivity index (χ0) is 17.6. The maximum atomic E-state index is 8.72. The summed E-state index contributed by atoms with van der Waals surface area (Å²) in [6, 6.07) is 28.3. The van der Waals surface area contributed by atoms with Crippen molar-refractivity contribution in [2.24, 2.45) is 0 Å². The number of hydrogen-bond acceptors (Lipinski definition) is 1. The number of nitrogens with zero attached hydrogens (tertiary/aromatic N) is 1. The SMILES string of the molecule is [2H]C(c1ccccc1)N(C([2H])c1ccccc1)C([2H])c1ccccc1. The minimum absolute atomic E-state index is 0.781. The van der Waals surface area contributed by atoms with Crippen molar-refractivity contribution in [3.63, 3.8) is 0 Å². The lowest BCUT2D eigenvalue weighted by Crippen LogP contribution is -2.22. The maximum absolute atomic E-state index is 8.72. The highest BCUT2D eigenvalue weighted by Crippen LogP contribution is 2.14. The Balaban J connectivity index is 1.99. The molecular weight excluding hydrogens is 266 g/mol. The molecule has 0 aliphatic carbocycles. The molecule has 3 unspecified atom stereocenters.